The summed E-state index contributed by atoms with van der Waals surface area (Å²) in [6.45, 7) is 1.59. The summed E-state index contributed by atoms with van der Waals surface area (Å²) in [7, 11) is 1.52. The van der Waals surface area contributed by atoms with Crippen molar-refractivity contribution >= 4 is 40.5 Å². The highest BCUT2D eigenvalue weighted by molar-refractivity contribution is 7.11. The van der Waals surface area contributed by atoms with Gasteiger partial charge in [-0.1, -0.05) is 48.0 Å². The van der Waals surface area contributed by atoms with Crippen LogP contribution >= 0.6 is 11.3 Å². The zero-order valence-corrected chi connectivity index (χ0v) is 17.0. The molecule has 1 amide bonds. The number of amides is 1. The van der Waals surface area contributed by atoms with Crippen molar-refractivity contribution in [3.05, 3.63) is 82.0 Å². The Labute approximate surface area is 173 Å². The summed E-state index contributed by atoms with van der Waals surface area (Å²) in [6.07, 6.45) is 1.78. The number of nitrogens with one attached hydrogen (secondary N) is 1. The van der Waals surface area contributed by atoms with Crippen LogP contribution in [0.15, 0.2) is 66.0 Å². The van der Waals surface area contributed by atoms with Gasteiger partial charge in [0.25, 0.3) is 5.91 Å². The molecule has 0 spiro atoms. The molecule has 1 N–H and O–H groups in total. The molecule has 5 nitrogen and oxygen atoms in total. The van der Waals surface area contributed by atoms with E-state index in [1.807, 2.05) is 48.7 Å². The fourth-order valence-corrected chi connectivity index (χ4v) is 3.46. The minimum Gasteiger partial charge on any atom is -0.495 e. The molecule has 0 atom stereocenters. The van der Waals surface area contributed by atoms with Gasteiger partial charge in [-0.3, -0.25) is 4.79 Å². The number of esters is 1. The Kier molecular flexibility index (Phi) is 6.81. The van der Waals surface area contributed by atoms with Gasteiger partial charge in [0.15, 0.2) is 6.61 Å². The number of carbonyl (C=O) groups excluding carboxylic acids is 2. The zero-order chi connectivity index (χ0) is 20.6. The van der Waals surface area contributed by atoms with Crippen LogP contribution in [0.2, 0.25) is 0 Å². The molecule has 1 heterocycles. The second kappa shape index (κ2) is 9.71. The highest BCUT2D eigenvalue weighted by atomic mass is 32.1. The highest BCUT2D eigenvalue weighted by Crippen LogP contribution is 2.25. The van der Waals surface area contributed by atoms with Crippen LogP contribution in [0.4, 0.5) is 5.69 Å². The van der Waals surface area contributed by atoms with Gasteiger partial charge in [0.05, 0.1) is 18.4 Å². The molecule has 0 saturated carbocycles. The first kappa shape index (κ1) is 20.4. The van der Waals surface area contributed by atoms with Gasteiger partial charge < -0.3 is 14.8 Å². The van der Waals surface area contributed by atoms with Gasteiger partial charge in [0, 0.05) is 4.88 Å². The summed E-state index contributed by atoms with van der Waals surface area (Å²) in [4.78, 5) is 25.7. The number of benzene rings is 2. The first-order chi connectivity index (χ1) is 14.1. The minimum absolute atomic E-state index is 0.395. The summed E-state index contributed by atoms with van der Waals surface area (Å²) >= 11 is 1.44. The molecule has 0 unspecified atom stereocenters. The van der Waals surface area contributed by atoms with Gasteiger partial charge >= 0.3 is 5.97 Å². The third kappa shape index (κ3) is 5.56. The lowest BCUT2D eigenvalue weighted by Gasteiger charge is -2.11. The summed E-state index contributed by atoms with van der Waals surface area (Å²) in [5.41, 5.74) is 2.91. The Hall–Kier alpha value is -3.38. The van der Waals surface area contributed by atoms with Crippen molar-refractivity contribution in [3.8, 4) is 5.75 Å². The molecular weight excluding hydrogens is 386 g/mol. The van der Waals surface area contributed by atoms with E-state index in [4.69, 9.17) is 9.47 Å². The van der Waals surface area contributed by atoms with Crippen molar-refractivity contribution in [2.24, 2.45) is 0 Å². The van der Waals surface area contributed by atoms with E-state index in [-0.39, 0.29) is 0 Å². The van der Waals surface area contributed by atoms with E-state index >= 15 is 0 Å². The molecule has 2 aromatic carbocycles. The zero-order valence-electron chi connectivity index (χ0n) is 16.2. The quantitative estimate of drug-likeness (QED) is 0.452. The van der Waals surface area contributed by atoms with E-state index in [1.165, 1.54) is 18.4 Å². The molecule has 3 aromatic rings. The molecule has 0 bridgehead atoms. The van der Waals surface area contributed by atoms with Gasteiger partial charge in [-0.05, 0) is 42.1 Å². The predicted molar refractivity (Wildman–Crippen MR) is 116 cm³/mol. The van der Waals surface area contributed by atoms with E-state index < -0.39 is 18.5 Å². The first-order valence-corrected chi connectivity index (χ1v) is 9.87. The van der Waals surface area contributed by atoms with Gasteiger partial charge in [0.1, 0.15) is 5.75 Å². The van der Waals surface area contributed by atoms with Crippen LogP contribution in [0.3, 0.4) is 0 Å². The summed E-state index contributed by atoms with van der Waals surface area (Å²) < 4.78 is 10.5. The van der Waals surface area contributed by atoms with Crippen LogP contribution in [0.25, 0.3) is 11.6 Å². The molecule has 0 aliphatic carbocycles. The third-order valence-corrected chi connectivity index (χ3v) is 4.98. The number of ether oxygens (including phenoxy) is 2. The number of aryl methyl sites for hydroxylation is 1. The lowest BCUT2D eigenvalue weighted by Crippen LogP contribution is -2.21. The standard InChI is InChI=1S/C23H21NO4S/c1-16-7-5-8-17(13-16)14-18(21-11-6-12-29-21)23(26)28-15-22(25)24-19-9-3-4-10-20(19)27-2/h3-14H,15H2,1-2H3,(H,24,25)/b18-14+. The molecule has 1 aromatic heterocycles. The Morgan fingerprint density at radius 1 is 1.07 bits per heavy atom. The number of rotatable bonds is 7. The molecule has 0 saturated heterocycles. The van der Waals surface area contributed by atoms with Crippen LogP contribution in [-0.4, -0.2) is 25.6 Å². The maximum atomic E-state index is 12.7. The summed E-state index contributed by atoms with van der Waals surface area (Å²) in [5.74, 6) is -0.459. The van der Waals surface area contributed by atoms with Crippen LogP contribution in [-0.2, 0) is 14.3 Å². The molecule has 0 radical (unpaired) electrons. The van der Waals surface area contributed by atoms with E-state index in [0.717, 1.165) is 16.0 Å². The summed E-state index contributed by atoms with van der Waals surface area (Å²) in [6, 6.07) is 18.6. The lowest BCUT2D eigenvalue weighted by atomic mass is 10.1. The largest absolute Gasteiger partial charge is 0.495 e. The molecule has 29 heavy (non-hydrogen) atoms. The second-order valence-electron chi connectivity index (χ2n) is 6.27. The molecule has 6 heteroatoms. The molecule has 3 rings (SSSR count). The maximum absolute atomic E-state index is 12.7. The Morgan fingerprint density at radius 2 is 1.90 bits per heavy atom. The minimum atomic E-state index is -0.552. The number of anilines is 1. The van der Waals surface area contributed by atoms with Gasteiger partial charge in [-0.25, -0.2) is 4.79 Å². The monoisotopic (exact) mass is 407 g/mol. The number of methoxy groups -OCH3 is 1. The fraction of sp³-hybridized carbons (Fsp3) is 0.130. The molecule has 0 fully saturated rings. The van der Waals surface area contributed by atoms with Crippen molar-refractivity contribution in [3.63, 3.8) is 0 Å². The molecule has 148 valence electrons. The van der Waals surface area contributed by atoms with Crippen LogP contribution in [0.5, 0.6) is 5.75 Å². The van der Waals surface area contributed by atoms with Crippen molar-refractivity contribution < 1.29 is 19.1 Å². The molecule has 0 aliphatic rings. The molecule has 0 aliphatic heterocycles. The number of para-hydroxylation sites is 2. The smallest absolute Gasteiger partial charge is 0.340 e. The van der Waals surface area contributed by atoms with Crippen molar-refractivity contribution in [1.82, 2.24) is 0 Å². The average Bonchev–Trinajstić information content (AvgIpc) is 3.25. The van der Waals surface area contributed by atoms with E-state index in [9.17, 15) is 9.59 Å². The van der Waals surface area contributed by atoms with Gasteiger partial charge in [0.2, 0.25) is 0 Å². The Bertz CT molecular complexity index is 1020. The van der Waals surface area contributed by atoms with E-state index in [0.29, 0.717) is 17.0 Å². The SMILES string of the molecule is COc1ccccc1NC(=O)COC(=O)/C(=C/c1cccc(C)c1)c1cccs1. The number of thiophene rings is 1. The number of carbonyl (C=O) groups is 2. The number of hydrogen-bond donors (Lipinski definition) is 1. The Balaban J connectivity index is 1.71. The Morgan fingerprint density at radius 3 is 2.62 bits per heavy atom. The van der Waals surface area contributed by atoms with Gasteiger partial charge in [-0.15, -0.1) is 11.3 Å². The average molecular weight is 407 g/mol. The third-order valence-electron chi connectivity index (χ3n) is 4.08. The predicted octanol–water partition coefficient (Wildman–Crippen LogP) is 4.79. The van der Waals surface area contributed by atoms with E-state index in [1.54, 1.807) is 30.3 Å². The second-order valence-corrected chi connectivity index (χ2v) is 7.22. The normalized spacial score (nSPS) is 11.0. The number of hydrogen-bond acceptors (Lipinski definition) is 5. The summed E-state index contributed by atoms with van der Waals surface area (Å²) in [5, 5.41) is 4.58. The fourth-order valence-electron chi connectivity index (χ4n) is 2.73. The first-order valence-electron chi connectivity index (χ1n) is 8.99. The highest BCUT2D eigenvalue weighted by Gasteiger charge is 2.17. The van der Waals surface area contributed by atoms with Crippen LogP contribution in [0, 0.1) is 6.92 Å². The van der Waals surface area contributed by atoms with Crippen molar-refractivity contribution in [2.75, 3.05) is 19.0 Å². The van der Waals surface area contributed by atoms with Crippen LogP contribution < -0.4 is 10.1 Å². The van der Waals surface area contributed by atoms with E-state index in [2.05, 4.69) is 5.32 Å². The lowest BCUT2D eigenvalue weighted by molar-refractivity contribution is -0.141. The van der Waals surface area contributed by atoms with Crippen LogP contribution in [0.1, 0.15) is 16.0 Å². The van der Waals surface area contributed by atoms with Crippen molar-refractivity contribution in [2.45, 2.75) is 6.92 Å². The maximum Gasteiger partial charge on any atom is 0.340 e. The van der Waals surface area contributed by atoms with Gasteiger partial charge in [-0.2, -0.15) is 0 Å². The van der Waals surface area contributed by atoms with Crippen molar-refractivity contribution in [1.29, 1.82) is 0 Å². The topological polar surface area (TPSA) is 64.6 Å². The molecular formula is C23H21NO4S.